The number of hydrogen-bond donors (Lipinski definition) is 1. The zero-order chi connectivity index (χ0) is 9.10. The SMILES string of the molecule is OCc1cccc(OC2CCC2)n1. The highest BCUT2D eigenvalue weighted by molar-refractivity contribution is 5.15. The molecule has 13 heavy (non-hydrogen) atoms. The van der Waals surface area contributed by atoms with Gasteiger partial charge in [-0.15, -0.1) is 0 Å². The number of aromatic nitrogens is 1. The van der Waals surface area contributed by atoms with E-state index in [-0.39, 0.29) is 6.61 Å². The molecule has 1 fully saturated rings. The Morgan fingerprint density at radius 3 is 2.92 bits per heavy atom. The van der Waals surface area contributed by atoms with Gasteiger partial charge in [0.15, 0.2) is 0 Å². The van der Waals surface area contributed by atoms with Gasteiger partial charge < -0.3 is 9.84 Å². The van der Waals surface area contributed by atoms with Crippen LogP contribution in [0.15, 0.2) is 18.2 Å². The van der Waals surface area contributed by atoms with Crippen LogP contribution in [0.5, 0.6) is 5.88 Å². The van der Waals surface area contributed by atoms with Crippen molar-refractivity contribution >= 4 is 0 Å². The van der Waals surface area contributed by atoms with Crippen molar-refractivity contribution in [3.63, 3.8) is 0 Å². The van der Waals surface area contributed by atoms with Crippen LogP contribution < -0.4 is 4.74 Å². The molecule has 3 heteroatoms. The summed E-state index contributed by atoms with van der Waals surface area (Å²) in [6, 6.07) is 5.47. The number of ether oxygens (including phenoxy) is 1. The van der Waals surface area contributed by atoms with Crippen LogP contribution in [0.2, 0.25) is 0 Å². The molecule has 0 radical (unpaired) electrons. The van der Waals surface area contributed by atoms with Crippen LogP contribution in [0, 0.1) is 0 Å². The zero-order valence-electron chi connectivity index (χ0n) is 7.44. The summed E-state index contributed by atoms with van der Waals surface area (Å²) in [7, 11) is 0. The lowest BCUT2D eigenvalue weighted by Gasteiger charge is -2.25. The fourth-order valence-electron chi connectivity index (χ4n) is 1.27. The molecule has 1 aromatic heterocycles. The van der Waals surface area contributed by atoms with Crippen molar-refractivity contribution in [2.45, 2.75) is 32.0 Å². The minimum absolute atomic E-state index is 0.0259. The summed E-state index contributed by atoms with van der Waals surface area (Å²) < 4.78 is 5.57. The molecule has 1 N–H and O–H groups in total. The molecule has 1 aromatic rings. The Morgan fingerprint density at radius 2 is 2.31 bits per heavy atom. The highest BCUT2D eigenvalue weighted by atomic mass is 16.5. The first-order valence-electron chi connectivity index (χ1n) is 4.62. The van der Waals surface area contributed by atoms with Gasteiger partial charge in [0, 0.05) is 6.07 Å². The minimum Gasteiger partial charge on any atom is -0.474 e. The maximum atomic E-state index is 8.85. The Kier molecular flexibility index (Phi) is 2.45. The van der Waals surface area contributed by atoms with Crippen LogP contribution >= 0.6 is 0 Å². The Labute approximate surface area is 77.4 Å². The van der Waals surface area contributed by atoms with Crippen molar-refractivity contribution in [2.24, 2.45) is 0 Å². The van der Waals surface area contributed by atoms with Gasteiger partial charge >= 0.3 is 0 Å². The van der Waals surface area contributed by atoms with E-state index in [0.29, 0.717) is 17.7 Å². The van der Waals surface area contributed by atoms with Gasteiger partial charge in [0.2, 0.25) is 5.88 Å². The number of aliphatic hydroxyl groups excluding tert-OH is 1. The predicted molar refractivity (Wildman–Crippen MR) is 48.4 cm³/mol. The Hall–Kier alpha value is -1.09. The van der Waals surface area contributed by atoms with Crippen molar-refractivity contribution in [2.75, 3.05) is 0 Å². The van der Waals surface area contributed by atoms with Crippen LogP contribution in [0.3, 0.4) is 0 Å². The third-order valence-corrected chi connectivity index (χ3v) is 2.28. The van der Waals surface area contributed by atoms with Crippen LogP contribution in [0.25, 0.3) is 0 Å². The summed E-state index contributed by atoms with van der Waals surface area (Å²) in [5.74, 6) is 0.635. The Bertz CT molecular complexity index is 284. The Morgan fingerprint density at radius 1 is 1.46 bits per heavy atom. The van der Waals surface area contributed by atoms with Crippen LogP contribution in [0.4, 0.5) is 0 Å². The first-order valence-corrected chi connectivity index (χ1v) is 4.62. The molecule has 0 saturated heterocycles. The number of hydrogen-bond acceptors (Lipinski definition) is 3. The van der Waals surface area contributed by atoms with Crippen molar-refractivity contribution in [3.8, 4) is 5.88 Å². The smallest absolute Gasteiger partial charge is 0.213 e. The van der Waals surface area contributed by atoms with Crippen molar-refractivity contribution in [1.82, 2.24) is 4.98 Å². The minimum atomic E-state index is -0.0259. The fourth-order valence-corrected chi connectivity index (χ4v) is 1.27. The molecule has 1 saturated carbocycles. The number of pyridine rings is 1. The van der Waals surface area contributed by atoms with Gasteiger partial charge in [-0.05, 0) is 25.3 Å². The van der Waals surface area contributed by atoms with Crippen LogP contribution in [0.1, 0.15) is 25.0 Å². The van der Waals surface area contributed by atoms with E-state index in [1.165, 1.54) is 6.42 Å². The van der Waals surface area contributed by atoms with Crippen LogP contribution in [-0.2, 0) is 6.61 Å². The standard InChI is InChI=1S/C10H13NO2/c12-7-8-3-1-6-10(11-8)13-9-4-2-5-9/h1,3,6,9,12H,2,4-5,7H2. The van der Waals surface area contributed by atoms with E-state index < -0.39 is 0 Å². The molecule has 0 unspecified atom stereocenters. The molecule has 0 aromatic carbocycles. The average Bonchev–Trinajstić information content (AvgIpc) is 2.12. The van der Waals surface area contributed by atoms with E-state index in [1.807, 2.05) is 12.1 Å². The fraction of sp³-hybridized carbons (Fsp3) is 0.500. The Balaban J connectivity index is 2.01. The molecule has 0 atom stereocenters. The molecule has 3 nitrogen and oxygen atoms in total. The second kappa shape index (κ2) is 3.75. The van der Waals surface area contributed by atoms with Gasteiger partial charge in [-0.25, -0.2) is 4.98 Å². The van der Waals surface area contributed by atoms with E-state index in [1.54, 1.807) is 6.07 Å². The lowest BCUT2D eigenvalue weighted by atomic mass is 9.96. The molecule has 1 heterocycles. The zero-order valence-corrected chi connectivity index (χ0v) is 7.44. The van der Waals surface area contributed by atoms with Crippen molar-refractivity contribution in [3.05, 3.63) is 23.9 Å². The van der Waals surface area contributed by atoms with E-state index >= 15 is 0 Å². The first kappa shape index (κ1) is 8.51. The normalized spacial score (nSPS) is 16.7. The number of rotatable bonds is 3. The van der Waals surface area contributed by atoms with Gasteiger partial charge in [-0.2, -0.15) is 0 Å². The summed E-state index contributed by atoms with van der Waals surface area (Å²) in [5, 5.41) is 8.85. The largest absolute Gasteiger partial charge is 0.474 e. The summed E-state index contributed by atoms with van der Waals surface area (Å²) in [4.78, 5) is 4.14. The second-order valence-corrected chi connectivity index (χ2v) is 3.30. The summed E-state index contributed by atoms with van der Waals surface area (Å²) in [5.41, 5.74) is 0.664. The molecule has 70 valence electrons. The van der Waals surface area contributed by atoms with E-state index in [2.05, 4.69) is 4.98 Å². The third kappa shape index (κ3) is 1.98. The maximum Gasteiger partial charge on any atom is 0.213 e. The topological polar surface area (TPSA) is 42.4 Å². The molecule has 0 spiro atoms. The average molecular weight is 179 g/mol. The quantitative estimate of drug-likeness (QED) is 0.764. The number of nitrogens with zero attached hydrogens (tertiary/aromatic N) is 1. The molecule has 0 aliphatic heterocycles. The lowest BCUT2D eigenvalue weighted by Crippen LogP contribution is -2.25. The monoisotopic (exact) mass is 179 g/mol. The molecule has 2 rings (SSSR count). The molecule has 1 aliphatic rings. The van der Waals surface area contributed by atoms with Crippen LogP contribution in [-0.4, -0.2) is 16.2 Å². The van der Waals surface area contributed by atoms with E-state index in [4.69, 9.17) is 9.84 Å². The van der Waals surface area contributed by atoms with Gasteiger partial charge in [0.25, 0.3) is 0 Å². The second-order valence-electron chi connectivity index (χ2n) is 3.30. The highest BCUT2D eigenvalue weighted by Crippen LogP contribution is 2.23. The van der Waals surface area contributed by atoms with Crippen molar-refractivity contribution in [1.29, 1.82) is 0 Å². The molecule has 0 amide bonds. The van der Waals surface area contributed by atoms with Gasteiger partial charge in [-0.1, -0.05) is 6.07 Å². The lowest BCUT2D eigenvalue weighted by molar-refractivity contribution is 0.114. The predicted octanol–water partition coefficient (Wildman–Crippen LogP) is 1.51. The molecule has 1 aliphatic carbocycles. The van der Waals surface area contributed by atoms with E-state index in [9.17, 15) is 0 Å². The molecular weight excluding hydrogens is 166 g/mol. The first-order chi connectivity index (χ1) is 6.38. The van der Waals surface area contributed by atoms with Gasteiger partial charge in [-0.3, -0.25) is 0 Å². The maximum absolute atomic E-state index is 8.85. The van der Waals surface area contributed by atoms with Gasteiger partial charge in [0.1, 0.15) is 6.10 Å². The highest BCUT2D eigenvalue weighted by Gasteiger charge is 2.19. The summed E-state index contributed by atoms with van der Waals surface area (Å²) in [6.45, 7) is -0.0259. The molecule has 0 bridgehead atoms. The number of aliphatic hydroxyl groups is 1. The molecular formula is C10H13NO2. The van der Waals surface area contributed by atoms with Crippen molar-refractivity contribution < 1.29 is 9.84 Å². The summed E-state index contributed by atoms with van der Waals surface area (Å²) in [6.07, 6.45) is 3.86. The summed E-state index contributed by atoms with van der Waals surface area (Å²) >= 11 is 0. The van der Waals surface area contributed by atoms with E-state index in [0.717, 1.165) is 12.8 Å². The third-order valence-electron chi connectivity index (χ3n) is 2.28. The van der Waals surface area contributed by atoms with Gasteiger partial charge in [0.05, 0.1) is 12.3 Å².